The van der Waals surface area contributed by atoms with E-state index in [1.165, 1.54) is 4.57 Å². The van der Waals surface area contributed by atoms with Gasteiger partial charge in [-0.2, -0.15) is 0 Å². The number of amides is 1. The molecule has 0 bridgehead atoms. The maximum Gasteiger partial charge on any atom is 0.329 e. The number of carbonyl (C=O) groups excluding carboxylic acids is 1. The van der Waals surface area contributed by atoms with Gasteiger partial charge in [0.25, 0.3) is 5.56 Å². The normalized spacial score (nSPS) is 24.8. The Balaban J connectivity index is 1.56. The van der Waals surface area contributed by atoms with Crippen molar-refractivity contribution in [1.82, 2.24) is 14.5 Å². The van der Waals surface area contributed by atoms with Gasteiger partial charge in [-0.25, -0.2) is 9.59 Å². The maximum absolute atomic E-state index is 12.8. The third-order valence-electron chi connectivity index (χ3n) is 6.59. The number of rotatable bonds is 5. The average molecular weight is 461 g/mol. The molecular formula is C22H27N3O8. The van der Waals surface area contributed by atoms with Gasteiger partial charge in [0.15, 0.2) is 0 Å². The summed E-state index contributed by atoms with van der Waals surface area (Å²) in [5.74, 6) is -1.44. The van der Waals surface area contributed by atoms with Gasteiger partial charge < -0.3 is 24.6 Å². The molecule has 1 aromatic heterocycles. The first-order chi connectivity index (χ1) is 15.6. The molecule has 3 heterocycles. The minimum atomic E-state index is -1.35. The maximum atomic E-state index is 12.8. The van der Waals surface area contributed by atoms with Crippen molar-refractivity contribution in [3.05, 3.63) is 45.1 Å². The van der Waals surface area contributed by atoms with Crippen LogP contribution in [0.25, 0.3) is 10.9 Å². The molecule has 4 rings (SSSR count). The Hall–Kier alpha value is -3.02. The first kappa shape index (κ1) is 23.1. The topological polar surface area (TPSA) is 151 Å². The largest absolute Gasteiger partial charge is 0.480 e. The lowest BCUT2D eigenvalue weighted by molar-refractivity contribution is -0.202. The molecule has 2 fully saturated rings. The van der Waals surface area contributed by atoms with E-state index in [0.29, 0.717) is 43.3 Å². The zero-order valence-corrected chi connectivity index (χ0v) is 18.3. The van der Waals surface area contributed by atoms with Crippen LogP contribution in [0.2, 0.25) is 0 Å². The third-order valence-corrected chi connectivity index (χ3v) is 6.59. The second-order valence-electron chi connectivity index (χ2n) is 8.96. The number of carboxylic acid groups (broad SMARTS) is 1. The highest BCUT2D eigenvalue weighted by Crippen LogP contribution is 2.44. The number of aliphatic hydroxyl groups is 1. The second kappa shape index (κ2) is 8.73. The number of H-pyrrole nitrogens is 1. The number of para-hydroxylation sites is 1. The van der Waals surface area contributed by atoms with Gasteiger partial charge in [-0.1, -0.05) is 12.1 Å². The van der Waals surface area contributed by atoms with Crippen LogP contribution < -0.4 is 11.2 Å². The fourth-order valence-electron chi connectivity index (χ4n) is 4.74. The summed E-state index contributed by atoms with van der Waals surface area (Å²) >= 11 is 0. The standard InChI is InChI=1S/C22H27N3O8/c1-21(31)13-33-22(6-8-24(9-7-22)17(26)11-32-12-18(27)28)10-16(21)25-15-5-3-2-4-14(15)19(29)23-20(25)30/h2-5,16,31H,6-13H2,1H3,(H,27,28)(H,23,29,30)/t16-,21-/m0/s1. The number of hydrogen-bond acceptors (Lipinski definition) is 7. The fraction of sp³-hybridized carbons (Fsp3) is 0.545. The van der Waals surface area contributed by atoms with Crippen LogP contribution in [0.3, 0.4) is 0 Å². The summed E-state index contributed by atoms with van der Waals surface area (Å²) in [6.45, 7) is 1.51. The third kappa shape index (κ3) is 4.56. The molecule has 0 aliphatic carbocycles. The monoisotopic (exact) mass is 461 g/mol. The number of ether oxygens (including phenoxy) is 2. The predicted octanol–water partition coefficient (Wildman–Crippen LogP) is -0.135. The minimum Gasteiger partial charge on any atom is -0.480 e. The van der Waals surface area contributed by atoms with Crippen LogP contribution in [0.1, 0.15) is 32.2 Å². The molecule has 2 aliphatic heterocycles. The van der Waals surface area contributed by atoms with Crippen molar-refractivity contribution < 1.29 is 29.3 Å². The van der Waals surface area contributed by atoms with E-state index in [-0.39, 0.29) is 19.1 Å². The molecule has 2 atom stereocenters. The zero-order valence-electron chi connectivity index (χ0n) is 18.3. The van der Waals surface area contributed by atoms with Gasteiger partial charge in [-0.05, 0) is 31.9 Å². The van der Waals surface area contributed by atoms with Gasteiger partial charge in [-0.15, -0.1) is 0 Å². The Morgan fingerprint density at radius 3 is 2.61 bits per heavy atom. The van der Waals surface area contributed by atoms with Crippen LogP contribution in [-0.4, -0.2) is 80.7 Å². The van der Waals surface area contributed by atoms with Gasteiger partial charge in [0.05, 0.1) is 29.2 Å². The summed E-state index contributed by atoms with van der Waals surface area (Å²) in [6, 6.07) is 6.11. The number of benzene rings is 1. The smallest absolute Gasteiger partial charge is 0.329 e. The van der Waals surface area contributed by atoms with Crippen LogP contribution in [0, 0.1) is 0 Å². The van der Waals surface area contributed by atoms with Crippen LogP contribution in [0.5, 0.6) is 0 Å². The molecule has 0 unspecified atom stereocenters. The highest BCUT2D eigenvalue weighted by atomic mass is 16.5. The Labute approximate surface area is 188 Å². The fourth-order valence-corrected chi connectivity index (χ4v) is 4.74. The Morgan fingerprint density at radius 1 is 1.21 bits per heavy atom. The summed E-state index contributed by atoms with van der Waals surface area (Å²) in [5, 5.41) is 20.1. The van der Waals surface area contributed by atoms with Gasteiger partial charge in [0.1, 0.15) is 18.8 Å². The zero-order chi connectivity index (χ0) is 23.8. The summed E-state index contributed by atoms with van der Waals surface area (Å²) in [6.07, 6.45) is 1.30. The molecule has 1 spiro atoms. The van der Waals surface area contributed by atoms with Crippen LogP contribution in [0.4, 0.5) is 0 Å². The van der Waals surface area contributed by atoms with Crippen molar-refractivity contribution in [1.29, 1.82) is 0 Å². The van der Waals surface area contributed by atoms with E-state index >= 15 is 0 Å². The van der Waals surface area contributed by atoms with Crippen molar-refractivity contribution in [2.75, 3.05) is 32.9 Å². The number of carboxylic acids is 1. The van der Waals surface area contributed by atoms with Crippen molar-refractivity contribution in [2.24, 2.45) is 0 Å². The molecular weight excluding hydrogens is 434 g/mol. The van der Waals surface area contributed by atoms with Crippen molar-refractivity contribution in [3.8, 4) is 0 Å². The lowest BCUT2D eigenvalue weighted by atomic mass is 9.77. The highest BCUT2D eigenvalue weighted by molar-refractivity contribution is 5.78. The SMILES string of the molecule is C[C@]1(O)COC2(CCN(C(=O)COCC(=O)O)CC2)C[C@@H]1n1c(=O)[nH]c(=O)c2ccccc21. The molecule has 11 nitrogen and oxygen atoms in total. The summed E-state index contributed by atoms with van der Waals surface area (Å²) in [7, 11) is 0. The number of aromatic amines is 1. The molecule has 178 valence electrons. The Bertz CT molecular complexity index is 1180. The molecule has 0 saturated carbocycles. The molecule has 33 heavy (non-hydrogen) atoms. The number of hydrogen-bond donors (Lipinski definition) is 3. The first-order valence-corrected chi connectivity index (χ1v) is 10.8. The summed E-state index contributed by atoms with van der Waals surface area (Å²) < 4.78 is 12.4. The second-order valence-corrected chi connectivity index (χ2v) is 8.96. The van der Waals surface area contributed by atoms with Crippen molar-refractivity contribution >= 4 is 22.8 Å². The van der Waals surface area contributed by atoms with E-state index in [0.717, 1.165) is 0 Å². The number of aliphatic carboxylic acids is 1. The predicted molar refractivity (Wildman–Crippen MR) is 116 cm³/mol. The van der Waals surface area contributed by atoms with E-state index in [1.807, 2.05) is 0 Å². The minimum absolute atomic E-state index is 0.00672. The van der Waals surface area contributed by atoms with Gasteiger partial charge in [-0.3, -0.25) is 19.1 Å². The van der Waals surface area contributed by atoms with Gasteiger partial charge in [0.2, 0.25) is 5.91 Å². The number of aromatic nitrogens is 2. The van der Waals surface area contributed by atoms with Crippen LogP contribution in [0.15, 0.2) is 33.9 Å². The van der Waals surface area contributed by atoms with Crippen LogP contribution >= 0.6 is 0 Å². The van der Waals surface area contributed by atoms with Crippen LogP contribution in [-0.2, 0) is 19.1 Å². The van der Waals surface area contributed by atoms with Gasteiger partial charge in [0, 0.05) is 19.5 Å². The Morgan fingerprint density at radius 2 is 1.91 bits per heavy atom. The van der Waals surface area contributed by atoms with Gasteiger partial charge >= 0.3 is 11.7 Å². The number of nitrogens with one attached hydrogen (secondary N) is 1. The van der Waals surface area contributed by atoms with Crippen molar-refractivity contribution in [3.63, 3.8) is 0 Å². The lowest BCUT2D eigenvalue weighted by Crippen LogP contribution is -2.59. The number of nitrogens with zero attached hydrogens (tertiary/aromatic N) is 2. The van der Waals surface area contributed by atoms with E-state index in [9.17, 15) is 24.3 Å². The summed E-state index contributed by atoms with van der Waals surface area (Å²) in [4.78, 5) is 51.9. The molecule has 2 aliphatic rings. The quantitative estimate of drug-likeness (QED) is 0.557. The number of carbonyl (C=O) groups is 2. The van der Waals surface area contributed by atoms with E-state index in [1.54, 1.807) is 36.1 Å². The highest BCUT2D eigenvalue weighted by Gasteiger charge is 2.50. The first-order valence-electron chi connectivity index (χ1n) is 10.8. The number of piperidine rings is 1. The van der Waals surface area contributed by atoms with E-state index in [4.69, 9.17) is 14.6 Å². The lowest BCUT2D eigenvalue weighted by Gasteiger charge is -2.51. The average Bonchev–Trinajstić information content (AvgIpc) is 2.77. The molecule has 0 radical (unpaired) electrons. The number of fused-ring (bicyclic) bond motifs is 1. The Kier molecular flexibility index (Phi) is 6.12. The molecule has 11 heteroatoms. The molecule has 1 aromatic carbocycles. The summed E-state index contributed by atoms with van der Waals surface area (Å²) in [5.41, 5.74) is -2.64. The number of likely N-dealkylation sites (tertiary alicyclic amines) is 1. The van der Waals surface area contributed by atoms with E-state index < -0.39 is 41.1 Å². The molecule has 2 aromatic rings. The molecule has 2 saturated heterocycles. The molecule has 1 amide bonds. The van der Waals surface area contributed by atoms with E-state index in [2.05, 4.69) is 4.98 Å². The van der Waals surface area contributed by atoms with Crippen molar-refractivity contribution in [2.45, 2.75) is 43.4 Å². The molecule has 3 N–H and O–H groups in total.